The van der Waals surface area contributed by atoms with E-state index in [2.05, 4.69) is 6.08 Å². The second kappa shape index (κ2) is 7.86. The van der Waals surface area contributed by atoms with Crippen LogP contribution in [0, 0.1) is 0 Å². The third kappa shape index (κ3) is 4.51. The van der Waals surface area contributed by atoms with E-state index < -0.39 is 8.60 Å². The van der Waals surface area contributed by atoms with E-state index in [0.29, 0.717) is 0 Å². The normalized spacial score (nSPS) is 14.3. The van der Waals surface area contributed by atoms with Gasteiger partial charge < -0.3 is 13.6 Å². The largest absolute Gasteiger partial charge is 0.529 e. The predicted molar refractivity (Wildman–Crippen MR) is 88.7 cm³/mol. The van der Waals surface area contributed by atoms with Crippen molar-refractivity contribution in [2.24, 2.45) is 0 Å². The summed E-state index contributed by atoms with van der Waals surface area (Å²) in [5.41, 5.74) is 0. The summed E-state index contributed by atoms with van der Waals surface area (Å²) >= 11 is 0. The zero-order valence-corrected chi connectivity index (χ0v) is 13.2. The first-order chi connectivity index (χ1) is 10.9. The van der Waals surface area contributed by atoms with Crippen LogP contribution < -0.4 is 9.05 Å². The Morgan fingerprint density at radius 2 is 1.27 bits per heavy atom. The predicted octanol–water partition coefficient (Wildman–Crippen LogP) is 5.85. The summed E-state index contributed by atoms with van der Waals surface area (Å²) in [5.74, 6) is 2.48. The van der Waals surface area contributed by atoms with Crippen molar-refractivity contribution in [2.45, 2.75) is 25.7 Å². The fourth-order valence-electron chi connectivity index (χ4n) is 2.18. The van der Waals surface area contributed by atoms with Crippen molar-refractivity contribution >= 4 is 8.60 Å². The lowest BCUT2D eigenvalue weighted by atomic mass is 10.1. The van der Waals surface area contributed by atoms with Crippen LogP contribution in [-0.2, 0) is 4.52 Å². The summed E-state index contributed by atoms with van der Waals surface area (Å²) in [6.45, 7) is 0. The molecule has 0 spiro atoms. The molecule has 3 rings (SSSR count). The molecule has 0 saturated carbocycles. The number of benzene rings is 2. The van der Waals surface area contributed by atoms with Gasteiger partial charge in [-0.05, 0) is 49.6 Å². The molecule has 4 heteroatoms. The Balaban J connectivity index is 1.71. The van der Waals surface area contributed by atoms with Crippen LogP contribution in [0.3, 0.4) is 0 Å². The zero-order chi connectivity index (χ0) is 15.0. The minimum Gasteiger partial charge on any atom is -0.413 e. The monoisotopic (exact) mass is 314 g/mol. The van der Waals surface area contributed by atoms with Crippen molar-refractivity contribution in [1.29, 1.82) is 0 Å². The fraction of sp³-hybridized carbons (Fsp3) is 0.222. The number of hydrogen-bond donors (Lipinski definition) is 0. The highest BCUT2D eigenvalue weighted by atomic mass is 31.2. The van der Waals surface area contributed by atoms with Gasteiger partial charge in [0.2, 0.25) is 0 Å². The van der Waals surface area contributed by atoms with Gasteiger partial charge in [-0.3, -0.25) is 0 Å². The van der Waals surface area contributed by atoms with Gasteiger partial charge in [-0.15, -0.1) is 0 Å². The zero-order valence-electron chi connectivity index (χ0n) is 12.4. The van der Waals surface area contributed by atoms with Crippen LogP contribution in [-0.4, -0.2) is 0 Å². The minimum absolute atomic E-state index is 0.751. The Bertz CT molecular complexity index is 557. The summed E-state index contributed by atoms with van der Waals surface area (Å²) in [6.07, 6.45) is 6.54. The molecule has 0 bridgehead atoms. The fourth-order valence-corrected chi connectivity index (χ4v) is 3.23. The molecule has 1 aliphatic rings. The topological polar surface area (TPSA) is 27.7 Å². The molecule has 0 aliphatic heterocycles. The number of allylic oxidation sites excluding steroid dienone is 2. The first-order valence-electron chi connectivity index (χ1n) is 7.53. The van der Waals surface area contributed by atoms with Crippen molar-refractivity contribution in [3.8, 4) is 11.5 Å². The molecule has 0 saturated heterocycles. The van der Waals surface area contributed by atoms with E-state index in [0.717, 1.165) is 36.5 Å². The first-order valence-corrected chi connectivity index (χ1v) is 8.63. The van der Waals surface area contributed by atoms with Crippen molar-refractivity contribution < 1.29 is 13.6 Å². The van der Waals surface area contributed by atoms with E-state index in [9.17, 15) is 0 Å². The molecule has 2 aromatic carbocycles. The van der Waals surface area contributed by atoms with Crippen LogP contribution in [0.4, 0.5) is 0 Å². The molecule has 0 N–H and O–H groups in total. The van der Waals surface area contributed by atoms with Gasteiger partial charge in [-0.25, -0.2) is 0 Å². The smallest absolute Gasteiger partial charge is 0.413 e. The molecule has 0 heterocycles. The van der Waals surface area contributed by atoms with Gasteiger partial charge in [-0.1, -0.05) is 36.4 Å². The summed E-state index contributed by atoms with van der Waals surface area (Å²) in [4.78, 5) is 0. The molecule has 0 unspecified atom stereocenters. The highest BCUT2D eigenvalue weighted by molar-refractivity contribution is 7.42. The van der Waals surface area contributed by atoms with E-state index in [-0.39, 0.29) is 0 Å². The summed E-state index contributed by atoms with van der Waals surface area (Å²) < 4.78 is 17.8. The van der Waals surface area contributed by atoms with Crippen LogP contribution in [0.25, 0.3) is 0 Å². The number of rotatable bonds is 6. The van der Waals surface area contributed by atoms with Gasteiger partial charge in [0, 0.05) is 6.42 Å². The Morgan fingerprint density at radius 1 is 0.682 bits per heavy atom. The van der Waals surface area contributed by atoms with Crippen molar-refractivity contribution in [3.63, 3.8) is 0 Å². The van der Waals surface area contributed by atoms with Crippen LogP contribution in [0.15, 0.2) is 72.5 Å². The Kier molecular flexibility index (Phi) is 5.33. The molecule has 0 fully saturated rings. The molecule has 1 aliphatic carbocycles. The molecular formula is C18H19O3P. The van der Waals surface area contributed by atoms with Crippen LogP contribution in [0.5, 0.6) is 11.5 Å². The van der Waals surface area contributed by atoms with E-state index in [1.165, 1.54) is 6.42 Å². The minimum atomic E-state index is -1.50. The van der Waals surface area contributed by atoms with Gasteiger partial charge in [0.15, 0.2) is 0 Å². The van der Waals surface area contributed by atoms with Crippen molar-refractivity contribution in [3.05, 3.63) is 72.5 Å². The van der Waals surface area contributed by atoms with E-state index >= 15 is 0 Å². The maximum atomic E-state index is 5.98. The van der Waals surface area contributed by atoms with Gasteiger partial charge in [0.25, 0.3) is 0 Å². The lowest BCUT2D eigenvalue weighted by molar-refractivity contribution is 0.313. The highest BCUT2D eigenvalue weighted by Gasteiger charge is 2.21. The summed E-state index contributed by atoms with van der Waals surface area (Å²) in [6, 6.07) is 19.3. The van der Waals surface area contributed by atoms with E-state index in [1.807, 2.05) is 60.7 Å². The van der Waals surface area contributed by atoms with Gasteiger partial charge in [-0.2, -0.15) is 0 Å². The third-order valence-electron chi connectivity index (χ3n) is 3.29. The second-order valence-electron chi connectivity index (χ2n) is 5.04. The summed E-state index contributed by atoms with van der Waals surface area (Å²) in [7, 11) is -1.50. The standard InChI is InChI=1S/C18H19O3P/c1-4-10-16(11-5-1)19-22(20-17-12-6-2-7-13-17)21-18-14-8-3-9-15-18/h1-2,4-7,10-14H,3,8-9,15H2. The first kappa shape index (κ1) is 14.9. The molecule has 3 nitrogen and oxygen atoms in total. The molecule has 114 valence electrons. The summed E-state index contributed by atoms with van der Waals surface area (Å²) in [5, 5.41) is 0. The Hall–Kier alpha value is -1.99. The average molecular weight is 314 g/mol. The lowest BCUT2D eigenvalue weighted by Crippen LogP contribution is -2.02. The van der Waals surface area contributed by atoms with Crippen LogP contribution in [0.1, 0.15) is 25.7 Å². The van der Waals surface area contributed by atoms with Gasteiger partial charge >= 0.3 is 8.60 Å². The molecule has 0 radical (unpaired) electrons. The Labute approximate surface area is 132 Å². The number of hydrogen-bond acceptors (Lipinski definition) is 3. The average Bonchev–Trinajstić information content (AvgIpc) is 2.57. The van der Waals surface area contributed by atoms with Crippen LogP contribution in [0.2, 0.25) is 0 Å². The maximum absolute atomic E-state index is 5.98. The molecule has 0 atom stereocenters. The Morgan fingerprint density at radius 3 is 1.77 bits per heavy atom. The lowest BCUT2D eigenvalue weighted by Gasteiger charge is -2.21. The molecule has 0 aromatic heterocycles. The van der Waals surface area contributed by atoms with E-state index in [4.69, 9.17) is 13.6 Å². The second-order valence-corrected chi connectivity index (χ2v) is 6.03. The van der Waals surface area contributed by atoms with Gasteiger partial charge in [0.1, 0.15) is 17.3 Å². The quantitative estimate of drug-likeness (QED) is 0.626. The van der Waals surface area contributed by atoms with Gasteiger partial charge in [0.05, 0.1) is 0 Å². The maximum Gasteiger partial charge on any atom is 0.529 e. The highest BCUT2D eigenvalue weighted by Crippen LogP contribution is 2.44. The molecule has 22 heavy (non-hydrogen) atoms. The molecular weight excluding hydrogens is 295 g/mol. The molecule has 0 amide bonds. The number of para-hydroxylation sites is 2. The SMILES string of the molecule is C1=C(OP(Oc2ccccc2)Oc2ccccc2)CCCC1. The van der Waals surface area contributed by atoms with Crippen molar-refractivity contribution in [1.82, 2.24) is 0 Å². The van der Waals surface area contributed by atoms with Crippen molar-refractivity contribution in [2.75, 3.05) is 0 Å². The van der Waals surface area contributed by atoms with Crippen LogP contribution >= 0.6 is 8.60 Å². The molecule has 2 aromatic rings. The van der Waals surface area contributed by atoms with E-state index in [1.54, 1.807) is 0 Å². The third-order valence-corrected chi connectivity index (χ3v) is 4.39.